The molecule has 3 rings (SSSR count). The van der Waals surface area contributed by atoms with E-state index in [1.807, 2.05) is 30.5 Å². The molecule has 0 radical (unpaired) electrons. The number of hydrogen-bond donors (Lipinski definition) is 0. The number of rotatable bonds is 2. The minimum atomic E-state index is -0.198. The number of halogens is 2. The van der Waals surface area contributed by atoms with Crippen LogP contribution in [0.2, 0.25) is 0 Å². The third-order valence-electron chi connectivity index (χ3n) is 2.83. The number of nitrogens with zero attached hydrogens (tertiary/aromatic N) is 2. The van der Waals surface area contributed by atoms with Crippen molar-refractivity contribution in [2.75, 3.05) is 0 Å². The van der Waals surface area contributed by atoms with Gasteiger partial charge in [-0.1, -0.05) is 40.2 Å². The molecular weight excluding hydrogens is 295 g/mol. The van der Waals surface area contributed by atoms with Crippen molar-refractivity contribution in [3.05, 3.63) is 64.5 Å². The van der Waals surface area contributed by atoms with Gasteiger partial charge < -0.3 is 0 Å². The summed E-state index contributed by atoms with van der Waals surface area (Å²) in [5.41, 5.74) is 1.54. The highest BCUT2D eigenvalue weighted by Gasteiger charge is 2.06. The minimum Gasteiger partial charge on any atom is -0.267 e. The van der Waals surface area contributed by atoms with Crippen LogP contribution in [-0.4, -0.2) is 9.78 Å². The molecule has 90 valence electrons. The maximum atomic E-state index is 13.6. The fourth-order valence-electron chi connectivity index (χ4n) is 1.94. The fraction of sp³-hybridized carbons (Fsp3) is 0.0714. The van der Waals surface area contributed by atoms with Crippen molar-refractivity contribution in [1.82, 2.24) is 9.78 Å². The van der Waals surface area contributed by atoms with Crippen LogP contribution >= 0.6 is 15.9 Å². The Bertz CT molecular complexity index is 706. The molecule has 1 aromatic heterocycles. The van der Waals surface area contributed by atoms with Crippen LogP contribution in [-0.2, 0) is 6.54 Å². The molecule has 4 heteroatoms. The van der Waals surface area contributed by atoms with Crippen molar-refractivity contribution < 1.29 is 4.39 Å². The van der Waals surface area contributed by atoms with Gasteiger partial charge in [0.05, 0.1) is 12.1 Å². The number of fused-ring (bicyclic) bond motifs is 1. The van der Waals surface area contributed by atoms with Crippen LogP contribution in [0.15, 0.2) is 53.1 Å². The third kappa shape index (κ3) is 2.04. The summed E-state index contributed by atoms with van der Waals surface area (Å²) in [4.78, 5) is 0. The molecule has 3 aromatic rings. The lowest BCUT2D eigenvalue weighted by molar-refractivity contribution is 0.587. The van der Waals surface area contributed by atoms with Gasteiger partial charge in [0, 0.05) is 21.6 Å². The van der Waals surface area contributed by atoms with E-state index in [1.54, 1.807) is 16.8 Å². The van der Waals surface area contributed by atoms with Crippen LogP contribution in [0.4, 0.5) is 4.39 Å². The van der Waals surface area contributed by atoms with E-state index < -0.39 is 0 Å². The average molecular weight is 305 g/mol. The Morgan fingerprint density at radius 3 is 2.72 bits per heavy atom. The molecular formula is C14H10BrFN2. The molecule has 2 aromatic carbocycles. The van der Waals surface area contributed by atoms with Crippen molar-refractivity contribution in [3.8, 4) is 0 Å². The summed E-state index contributed by atoms with van der Waals surface area (Å²) < 4.78 is 16.3. The minimum absolute atomic E-state index is 0.198. The molecule has 0 aliphatic rings. The van der Waals surface area contributed by atoms with Crippen molar-refractivity contribution in [3.63, 3.8) is 0 Å². The second kappa shape index (κ2) is 4.53. The van der Waals surface area contributed by atoms with Gasteiger partial charge in [-0.15, -0.1) is 0 Å². The molecule has 0 atom stereocenters. The standard InChI is InChI=1S/C14H10BrFN2/c15-12-5-3-7-14-11(12)9-18(17-14)8-10-4-1-2-6-13(10)16/h1-7,9H,8H2. The smallest absolute Gasteiger partial charge is 0.128 e. The molecule has 0 bridgehead atoms. The molecule has 0 saturated heterocycles. The highest BCUT2D eigenvalue weighted by Crippen LogP contribution is 2.23. The molecule has 0 aliphatic heterocycles. The molecule has 0 saturated carbocycles. The Balaban J connectivity index is 2.01. The monoisotopic (exact) mass is 304 g/mol. The van der Waals surface area contributed by atoms with Gasteiger partial charge in [-0.2, -0.15) is 5.10 Å². The van der Waals surface area contributed by atoms with Crippen LogP contribution in [0.1, 0.15) is 5.56 Å². The zero-order valence-electron chi connectivity index (χ0n) is 9.48. The molecule has 0 fully saturated rings. The van der Waals surface area contributed by atoms with E-state index in [4.69, 9.17) is 0 Å². The fourth-order valence-corrected chi connectivity index (χ4v) is 2.40. The summed E-state index contributed by atoms with van der Waals surface area (Å²) in [5.74, 6) is -0.198. The summed E-state index contributed by atoms with van der Waals surface area (Å²) in [7, 11) is 0. The lowest BCUT2D eigenvalue weighted by Gasteiger charge is -2.02. The Hall–Kier alpha value is -1.68. The SMILES string of the molecule is Fc1ccccc1Cn1cc2c(Br)cccc2n1. The average Bonchev–Trinajstić information content (AvgIpc) is 2.76. The van der Waals surface area contributed by atoms with Crippen molar-refractivity contribution >= 4 is 26.8 Å². The summed E-state index contributed by atoms with van der Waals surface area (Å²) >= 11 is 3.48. The second-order valence-corrected chi connectivity index (χ2v) is 4.95. The number of aromatic nitrogens is 2. The lowest BCUT2D eigenvalue weighted by atomic mass is 10.2. The van der Waals surface area contributed by atoms with E-state index >= 15 is 0 Å². The van der Waals surface area contributed by atoms with Crippen LogP contribution < -0.4 is 0 Å². The van der Waals surface area contributed by atoms with E-state index in [1.165, 1.54) is 6.07 Å². The summed E-state index contributed by atoms with van der Waals surface area (Å²) in [5, 5.41) is 5.47. The highest BCUT2D eigenvalue weighted by atomic mass is 79.9. The van der Waals surface area contributed by atoms with Crippen LogP contribution in [0.25, 0.3) is 10.9 Å². The van der Waals surface area contributed by atoms with Gasteiger partial charge in [0.15, 0.2) is 0 Å². The van der Waals surface area contributed by atoms with Gasteiger partial charge in [-0.3, -0.25) is 4.68 Å². The number of benzene rings is 2. The molecule has 0 aliphatic carbocycles. The third-order valence-corrected chi connectivity index (χ3v) is 3.53. The number of hydrogen-bond acceptors (Lipinski definition) is 1. The quantitative estimate of drug-likeness (QED) is 0.700. The maximum Gasteiger partial charge on any atom is 0.128 e. The molecule has 0 spiro atoms. The zero-order valence-corrected chi connectivity index (χ0v) is 11.1. The molecule has 1 heterocycles. The van der Waals surface area contributed by atoms with Crippen LogP contribution in [0.5, 0.6) is 0 Å². The second-order valence-electron chi connectivity index (χ2n) is 4.09. The molecule has 0 N–H and O–H groups in total. The Labute approximate surface area is 112 Å². The van der Waals surface area contributed by atoms with Gasteiger partial charge in [-0.25, -0.2) is 4.39 Å². The van der Waals surface area contributed by atoms with Crippen molar-refractivity contribution in [2.24, 2.45) is 0 Å². The first-order valence-electron chi connectivity index (χ1n) is 5.59. The van der Waals surface area contributed by atoms with Gasteiger partial charge in [0.25, 0.3) is 0 Å². The lowest BCUT2D eigenvalue weighted by Crippen LogP contribution is -2.01. The summed E-state index contributed by atoms with van der Waals surface area (Å²) in [6, 6.07) is 12.6. The van der Waals surface area contributed by atoms with Gasteiger partial charge in [0.2, 0.25) is 0 Å². The highest BCUT2D eigenvalue weighted by molar-refractivity contribution is 9.10. The molecule has 0 unspecified atom stereocenters. The predicted molar refractivity (Wildman–Crippen MR) is 72.9 cm³/mol. The van der Waals surface area contributed by atoms with Gasteiger partial charge in [0.1, 0.15) is 5.82 Å². The molecule has 0 amide bonds. The van der Waals surface area contributed by atoms with E-state index in [-0.39, 0.29) is 5.82 Å². The topological polar surface area (TPSA) is 17.8 Å². The van der Waals surface area contributed by atoms with Crippen molar-refractivity contribution in [2.45, 2.75) is 6.54 Å². The first-order valence-corrected chi connectivity index (χ1v) is 6.38. The van der Waals surface area contributed by atoms with E-state index in [2.05, 4.69) is 21.0 Å². The first kappa shape index (κ1) is 11.4. The molecule has 18 heavy (non-hydrogen) atoms. The van der Waals surface area contributed by atoms with E-state index in [9.17, 15) is 4.39 Å². The Morgan fingerprint density at radius 1 is 1.11 bits per heavy atom. The van der Waals surface area contributed by atoms with Gasteiger partial charge >= 0.3 is 0 Å². The van der Waals surface area contributed by atoms with Crippen LogP contribution in [0.3, 0.4) is 0 Å². The predicted octanol–water partition coefficient (Wildman–Crippen LogP) is 3.99. The van der Waals surface area contributed by atoms with Crippen molar-refractivity contribution in [1.29, 1.82) is 0 Å². The first-order chi connectivity index (χ1) is 8.74. The normalized spacial score (nSPS) is 11.0. The Morgan fingerprint density at radius 2 is 1.94 bits per heavy atom. The zero-order chi connectivity index (χ0) is 12.5. The van der Waals surface area contributed by atoms with Crippen LogP contribution in [0, 0.1) is 5.82 Å². The summed E-state index contributed by atoms with van der Waals surface area (Å²) in [6.45, 7) is 0.438. The molecule has 2 nitrogen and oxygen atoms in total. The maximum absolute atomic E-state index is 13.6. The van der Waals surface area contributed by atoms with E-state index in [0.717, 1.165) is 15.4 Å². The largest absolute Gasteiger partial charge is 0.267 e. The Kier molecular flexibility index (Phi) is 2.88. The summed E-state index contributed by atoms with van der Waals surface area (Å²) in [6.07, 6.45) is 1.92. The van der Waals surface area contributed by atoms with E-state index in [0.29, 0.717) is 12.1 Å². The van der Waals surface area contributed by atoms with Gasteiger partial charge in [-0.05, 0) is 18.2 Å².